The van der Waals surface area contributed by atoms with Crippen LogP contribution in [0.15, 0.2) is 24.3 Å². The highest BCUT2D eigenvalue weighted by Gasteiger charge is 2.57. The van der Waals surface area contributed by atoms with E-state index in [1.54, 1.807) is 12.1 Å². The zero-order valence-electron chi connectivity index (χ0n) is 11.1. The minimum Gasteiger partial charge on any atom is -0.459 e. The normalized spacial score (nSPS) is 35.7. The predicted octanol–water partition coefficient (Wildman–Crippen LogP) is 0.828. The highest BCUT2D eigenvalue weighted by molar-refractivity contribution is 6.03. The van der Waals surface area contributed by atoms with E-state index >= 15 is 0 Å². The van der Waals surface area contributed by atoms with Crippen molar-refractivity contribution in [2.24, 2.45) is 0 Å². The van der Waals surface area contributed by atoms with Crippen LogP contribution in [-0.4, -0.2) is 47.8 Å². The first-order valence-corrected chi connectivity index (χ1v) is 6.41. The van der Waals surface area contributed by atoms with E-state index in [2.05, 4.69) is 0 Å². The van der Waals surface area contributed by atoms with Crippen molar-refractivity contribution in [1.29, 1.82) is 0 Å². The quantitative estimate of drug-likeness (QED) is 0.714. The van der Waals surface area contributed by atoms with Crippen molar-refractivity contribution < 1.29 is 33.3 Å². The highest BCUT2D eigenvalue weighted by atomic mass is 19.1. The maximum Gasteiger partial charge on any atom is 0.339 e. The number of carbonyl (C=O) groups is 2. The Labute approximate surface area is 119 Å². The van der Waals surface area contributed by atoms with Crippen LogP contribution >= 0.6 is 0 Å². The van der Waals surface area contributed by atoms with E-state index in [4.69, 9.17) is 14.2 Å². The van der Waals surface area contributed by atoms with Gasteiger partial charge in [-0.15, -0.1) is 0 Å². The second kappa shape index (κ2) is 4.78. The van der Waals surface area contributed by atoms with Crippen molar-refractivity contribution in [2.45, 2.75) is 31.1 Å². The Bertz CT molecular complexity index is 599. The number of alkyl halides is 1. The monoisotopic (exact) mass is 296 g/mol. The number of hydrogen-bond acceptors (Lipinski definition) is 6. The molecule has 112 valence electrons. The van der Waals surface area contributed by atoms with Crippen LogP contribution in [0.25, 0.3) is 0 Å². The van der Waals surface area contributed by atoms with Crippen molar-refractivity contribution in [2.75, 3.05) is 6.61 Å². The van der Waals surface area contributed by atoms with E-state index in [1.165, 1.54) is 12.1 Å². The van der Waals surface area contributed by atoms with Crippen molar-refractivity contribution in [3.8, 4) is 0 Å². The van der Waals surface area contributed by atoms with Gasteiger partial charge in [-0.2, -0.15) is 0 Å². The van der Waals surface area contributed by atoms with Gasteiger partial charge in [0.1, 0.15) is 12.7 Å². The molecule has 2 heterocycles. The van der Waals surface area contributed by atoms with Gasteiger partial charge in [-0.25, -0.2) is 14.0 Å². The van der Waals surface area contributed by atoms with Crippen molar-refractivity contribution >= 4 is 11.9 Å². The van der Waals surface area contributed by atoms with Gasteiger partial charge in [0.25, 0.3) is 0 Å². The van der Waals surface area contributed by atoms with Crippen molar-refractivity contribution in [3.63, 3.8) is 0 Å². The van der Waals surface area contributed by atoms with Crippen LogP contribution in [-0.2, 0) is 14.2 Å². The van der Waals surface area contributed by atoms with E-state index in [9.17, 15) is 19.1 Å². The Morgan fingerprint density at radius 2 is 1.86 bits per heavy atom. The Kier molecular flexibility index (Phi) is 3.18. The van der Waals surface area contributed by atoms with E-state index in [1.807, 2.05) is 0 Å². The molecule has 2 aliphatic heterocycles. The average Bonchev–Trinajstić information content (AvgIpc) is 2.69. The Balaban J connectivity index is 2.01. The van der Waals surface area contributed by atoms with Crippen LogP contribution in [0.5, 0.6) is 0 Å². The molecule has 0 saturated carbocycles. The molecule has 1 aromatic carbocycles. The molecular formula is C14H13FO6. The maximum atomic E-state index is 14.4. The summed E-state index contributed by atoms with van der Waals surface area (Å²) in [5.74, 6) is -1.59. The molecule has 1 aromatic rings. The zero-order chi connectivity index (χ0) is 15.2. The molecule has 1 fully saturated rings. The fourth-order valence-electron chi connectivity index (χ4n) is 2.45. The summed E-state index contributed by atoms with van der Waals surface area (Å²) in [5, 5.41) is 9.56. The smallest absolute Gasteiger partial charge is 0.339 e. The summed E-state index contributed by atoms with van der Waals surface area (Å²) in [6, 6.07) is 5.94. The second-order valence-electron chi connectivity index (χ2n) is 5.15. The number of hydrogen-bond donors (Lipinski definition) is 1. The second-order valence-corrected chi connectivity index (χ2v) is 5.15. The van der Waals surface area contributed by atoms with E-state index < -0.39 is 36.1 Å². The summed E-state index contributed by atoms with van der Waals surface area (Å²) in [6.45, 7) is 0.753. The van der Waals surface area contributed by atoms with Gasteiger partial charge < -0.3 is 19.3 Å². The Morgan fingerprint density at radius 3 is 2.52 bits per heavy atom. The molecule has 0 bridgehead atoms. The van der Waals surface area contributed by atoms with Gasteiger partial charge in [0.05, 0.1) is 11.1 Å². The molecule has 0 spiro atoms. The van der Waals surface area contributed by atoms with Crippen LogP contribution in [0, 0.1) is 0 Å². The van der Waals surface area contributed by atoms with E-state index in [0.29, 0.717) is 0 Å². The number of benzene rings is 1. The molecule has 7 heteroatoms. The topological polar surface area (TPSA) is 82.1 Å². The SMILES string of the molecule is C[C@]1(F)C(O)O[C@@H]2COC(=O)c3ccccc3C(=O)O[C@H]21. The van der Waals surface area contributed by atoms with Crippen LogP contribution in [0.4, 0.5) is 4.39 Å². The molecule has 1 unspecified atom stereocenters. The van der Waals surface area contributed by atoms with Crippen molar-refractivity contribution in [3.05, 3.63) is 35.4 Å². The van der Waals surface area contributed by atoms with Gasteiger partial charge in [0, 0.05) is 0 Å². The molecule has 2 aliphatic rings. The molecule has 21 heavy (non-hydrogen) atoms. The van der Waals surface area contributed by atoms with Crippen LogP contribution in [0.3, 0.4) is 0 Å². The van der Waals surface area contributed by atoms with Gasteiger partial charge in [0.15, 0.2) is 18.1 Å². The summed E-state index contributed by atoms with van der Waals surface area (Å²) in [7, 11) is 0. The van der Waals surface area contributed by atoms with Gasteiger partial charge in [-0.05, 0) is 19.1 Å². The fourth-order valence-corrected chi connectivity index (χ4v) is 2.45. The molecule has 4 atom stereocenters. The number of ether oxygens (including phenoxy) is 3. The lowest BCUT2D eigenvalue weighted by molar-refractivity contribution is -0.144. The summed E-state index contributed by atoms with van der Waals surface area (Å²) >= 11 is 0. The summed E-state index contributed by atoms with van der Waals surface area (Å²) < 4.78 is 29.6. The molecule has 0 radical (unpaired) electrons. The minimum atomic E-state index is -2.29. The average molecular weight is 296 g/mol. The summed E-state index contributed by atoms with van der Waals surface area (Å²) in [4.78, 5) is 24.1. The van der Waals surface area contributed by atoms with Crippen LogP contribution < -0.4 is 0 Å². The van der Waals surface area contributed by atoms with E-state index in [0.717, 1.165) is 6.92 Å². The Morgan fingerprint density at radius 1 is 1.24 bits per heavy atom. The first-order valence-electron chi connectivity index (χ1n) is 6.41. The fraction of sp³-hybridized carbons (Fsp3) is 0.429. The van der Waals surface area contributed by atoms with Gasteiger partial charge >= 0.3 is 11.9 Å². The lowest BCUT2D eigenvalue weighted by Gasteiger charge is -2.24. The molecule has 1 N–H and O–H groups in total. The molecular weight excluding hydrogens is 283 g/mol. The molecule has 0 aliphatic carbocycles. The number of halogens is 1. The lowest BCUT2D eigenvalue weighted by atomic mass is 9.99. The number of esters is 2. The predicted molar refractivity (Wildman–Crippen MR) is 66.3 cm³/mol. The molecule has 3 rings (SSSR count). The lowest BCUT2D eigenvalue weighted by Crippen LogP contribution is -2.45. The standard InChI is InChI=1S/C14H13FO6/c1-14(15)10-9(20-13(14)18)6-19-11(16)7-4-2-3-5-8(7)12(17)21-10/h2-5,9-10,13,18H,6H2,1H3/t9-,10-,13?,14-/m1/s1. The minimum absolute atomic E-state index is 0.0136. The summed E-state index contributed by atoms with van der Waals surface area (Å²) in [5.41, 5.74) is -2.25. The largest absolute Gasteiger partial charge is 0.459 e. The van der Waals surface area contributed by atoms with E-state index in [-0.39, 0.29) is 17.7 Å². The first kappa shape index (κ1) is 14.0. The number of aliphatic hydroxyl groups excluding tert-OH is 1. The third kappa shape index (κ3) is 2.18. The third-order valence-electron chi connectivity index (χ3n) is 3.66. The Hall–Kier alpha value is -1.99. The molecule has 6 nitrogen and oxygen atoms in total. The molecule has 0 aromatic heterocycles. The summed E-state index contributed by atoms with van der Waals surface area (Å²) in [6.07, 6.45) is -4.18. The zero-order valence-corrected chi connectivity index (χ0v) is 11.1. The maximum absolute atomic E-state index is 14.4. The van der Waals surface area contributed by atoms with Gasteiger partial charge in [0.2, 0.25) is 0 Å². The number of carbonyl (C=O) groups excluding carboxylic acids is 2. The number of cyclic esters (lactones) is 1. The first-order chi connectivity index (χ1) is 9.91. The van der Waals surface area contributed by atoms with Crippen LogP contribution in [0.2, 0.25) is 0 Å². The number of aliphatic hydroxyl groups is 1. The third-order valence-corrected chi connectivity index (χ3v) is 3.66. The number of rotatable bonds is 0. The number of fused-ring (bicyclic) bond motifs is 2. The van der Waals surface area contributed by atoms with Crippen molar-refractivity contribution in [1.82, 2.24) is 0 Å². The molecule has 0 amide bonds. The van der Waals surface area contributed by atoms with Crippen LogP contribution in [0.1, 0.15) is 27.6 Å². The highest BCUT2D eigenvalue weighted by Crippen LogP contribution is 2.36. The van der Waals surface area contributed by atoms with Gasteiger partial charge in [-0.3, -0.25) is 0 Å². The molecule has 1 saturated heterocycles. The van der Waals surface area contributed by atoms with Gasteiger partial charge in [-0.1, -0.05) is 12.1 Å².